The molecule has 16 heavy (non-hydrogen) atoms. The molecule has 0 radical (unpaired) electrons. The Kier molecular flexibility index (Phi) is 3.84. The van der Waals surface area contributed by atoms with Crippen LogP contribution in [0.25, 0.3) is 6.08 Å². The Balaban J connectivity index is 3.00. The summed E-state index contributed by atoms with van der Waals surface area (Å²) in [6.07, 6.45) is 1.37. The highest BCUT2D eigenvalue weighted by Gasteiger charge is 2.05. The van der Waals surface area contributed by atoms with Gasteiger partial charge in [-0.05, 0) is 23.1 Å². The lowest BCUT2D eigenvalue weighted by atomic mass is 10.0. The molecule has 0 aromatic heterocycles. The first kappa shape index (κ1) is 12.0. The van der Waals surface area contributed by atoms with Crippen LogP contribution in [0.4, 0.5) is 0 Å². The van der Waals surface area contributed by atoms with Crippen LogP contribution in [-0.4, -0.2) is 11.1 Å². The number of benzene rings is 1. The Bertz CT molecular complexity index is 450. The maximum Gasteiger partial charge on any atom is 0.346 e. The van der Waals surface area contributed by atoms with Gasteiger partial charge in [-0.1, -0.05) is 38.1 Å². The molecule has 0 aliphatic rings. The predicted molar refractivity (Wildman–Crippen MR) is 61.8 cm³/mol. The van der Waals surface area contributed by atoms with Crippen molar-refractivity contribution in [3.05, 3.63) is 41.0 Å². The van der Waals surface area contributed by atoms with Crippen LogP contribution in [0.2, 0.25) is 0 Å². The lowest BCUT2D eigenvalue weighted by molar-refractivity contribution is -0.132. The zero-order valence-electron chi connectivity index (χ0n) is 9.27. The summed E-state index contributed by atoms with van der Waals surface area (Å²) in [5.74, 6) is -0.761. The highest BCUT2D eigenvalue weighted by molar-refractivity contribution is 5.96. The van der Waals surface area contributed by atoms with Gasteiger partial charge in [-0.25, -0.2) is 4.79 Å². The van der Waals surface area contributed by atoms with Crippen molar-refractivity contribution >= 4 is 12.0 Å². The minimum atomic E-state index is -1.20. The molecular formula is C13H13NO2. The van der Waals surface area contributed by atoms with Crippen LogP contribution >= 0.6 is 0 Å². The number of carboxylic acid groups (broad SMARTS) is 1. The molecule has 3 nitrogen and oxygen atoms in total. The van der Waals surface area contributed by atoms with Crippen LogP contribution in [-0.2, 0) is 4.79 Å². The number of nitriles is 1. The van der Waals surface area contributed by atoms with Crippen molar-refractivity contribution in [3.63, 3.8) is 0 Å². The van der Waals surface area contributed by atoms with Gasteiger partial charge in [0.25, 0.3) is 0 Å². The summed E-state index contributed by atoms with van der Waals surface area (Å²) in [7, 11) is 0. The Morgan fingerprint density at radius 2 is 1.94 bits per heavy atom. The van der Waals surface area contributed by atoms with Gasteiger partial charge < -0.3 is 5.11 Å². The van der Waals surface area contributed by atoms with E-state index in [1.807, 2.05) is 24.3 Å². The quantitative estimate of drug-likeness (QED) is 0.623. The van der Waals surface area contributed by atoms with Crippen LogP contribution < -0.4 is 0 Å². The van der Waals surface area contributed by atoms with Crippen molar-refractivity contribution in [1.82, 2.24) is 0 Å². The molecule has 1 aromatic carbocycles. The molecule has 1 N–H and O–H groups in total. The first-order chi connectivity index (χ1) is 7.54. The first-order valence-corrected chi connectivity index (χ1v) is 4.99. The van der Waals surface area contributed by atoms with E-state index in [0.29, 0.717) is 5.92 Å². The van der Waals surface area contributed by atoms with Gasteiger partial charge in [-0.3, -0.25) is 0 Å². The molecule has 0 bridgehead atoms. The molecule has 0 fully saturated rings. The van der Waals surface area contributed by atoms with Gasteiger partial charge >= 0.3 is 5.97 Å². The molecule has 0 aliphatic carbocycles. The summed E-state index contributed by atoms with van der Waals surface area (Å²) >= 11 is 0. The van der Waals surface area contributed by atoms with Crippen molar-refractivity contribution in [2.75, 3.05) is 0 Å². The van der Waals surface area contributed by atoms with Crippen molar-refractivity contribution in [2.45, 2.75) is 19.8 Å². The third-order valence-electron chi connectivity index (χ3n) is 2.26. The largest absolute Gasteiger partial charge is 0.477 e. The molecule has 0 unspecified atom stereocenters. The number of rotatable bonds is 3. The maximum atomic E-state index is 10.6. The number of carbonyl (C=O) groups is 1. The summed E-state index contributed by atoms with van der Waals surface area (Å²) in [4.78, 5) is 10.6. The molecular weight excluding hydrogens is 202 g/mol. The van der Waals surface area contributed by atoms with E-state index in [-0.39, 0.29) is 5.57 Å². The Morgan fingerprint density at radius 3 is 2.31 bits per heavy atom. The summed E-state index contributed by atoms with van der Waals surface area (Å²) in [5, 5.41) is 17.3. The number of carboxylic acids is 1. The molecule has 82 valence electrons. The van der Waals surface area contributed by atoms with E-state index >= 15 is 0 Å². The predicted octanol–water partition coefficient (Wildman–Crippen LogP) is 2.80. The van der Waals surface area contributed by atoms with E-state index in [4.69, 9.17) is 10.4 Å². The van der Waals surface area contributed by atoms with Gasteiger partial charge in [0, 0.05) is 0 Å². The first-order valence-electron chi connectivity index (χ1n) is 4.99. The van der Waals surface area contributed by atoms with E-state index in [9.17, 15) is 4.79 Å². The zero-order valence-corrected chi connectivity index (χ0v) is 9.27. The monoisotopic (exact) mass is 215 g/mol. The normalized spacial score (nSPS) is 11.2. The standard InChI is InChI=1S/C13H13NO2/c1-9(2)11-5-3-10(4-6-11)7-12(8-14)13(15)16/h3-7,9H,1-2H3,(H,15,16). The van der Waals surface area contributed by atoms with E-state index in [1.165, 1.54) is 11.6 Å². The van der Waals surface area contributed by atoms with Crippen LogP contribution in [0, 0.1) is 11.3 Å². The number of hydrogen-bond acceptors (Lipinski definition) is 2. The molecule has 1 aromatic rings. The van der Waals surface area contributed by atoms with Crippen molar-refractivity contribution in [1.29, 1.82) is 5.26 Å². The fraction of sp³-hybridized carbons (Fsp3) is 0.231. The molecule has 0 aliphatic heterocycles. The number of hydrogen-bond donors (Lipinski definition) is 1. The van der Waals surface area contributed by atoms with Crippen LogP contribution in [0.5, 0.6) is 0 Å². The molecule has 0 saturated heterocycles. The summed E-state index contributed by atoms with van der Waals surface area (Å²) in [5.41, 5.74) is 1.66. The second-order valence-corrected chi connectivity index (χ2v) is 3.80. The molecule has 0 heterocycles. The lowest BCUT2D eigenvalue weighted by Crippen LogP contribution is -1.97. The molecule has 3 heteroatoms. The summed E-state index contributed by atoms with van der Waals surface area (Å²) in [6, 6.07) is 9.15. The Morgan fingerprint density at radius 1 is 1.38 bits per heavy atom. The second-order valence-electron chi connectivity index (χ2n) is 3.80. The summed E-state index contributed by atoms with van der Waals surface area (Å²) < 4.78 is 0. The fourth-order valence-electron chi connectivity index (χ4n) is 1.29. The molecule has 0 spiro atoms. The van der Waals surface area contributed by atoms with E-state index in [1.54, 1.807) is 6.07 Å². The highest BCUT2D eigenvalue weighted by atomic mass is 16.4. The Hall–Kier alpha value is -2.08. The van der Waals surface area contributed by atoms with Crippen molar-refractivity contribution < 1.29 is 9.90 Å². The second kappa shape index (κ2) is 5.13. The minimum Gasteiger partial charge on any atom is -0.477 e. The average molecular weight is 215 g/mol. The summed E-state index contributed by atoms with van der Waals surface area (Å²) in [6.45, 7) is 4.17. The molecule has 0 atom stereocenters. The minimum absolute atomic E-state index is 0.253. The van der Waals surface area contributed by atoms with Gasteiger partial charge in [0.1, 0.15) is 11.6 Å². The van der Waals surface area contributed by atoms with E-state index in [0.717, 1.165) is 5.56 Å². The van der Waals surface area contributed by atoms with Gasteiger partial charge in [-0.15, -0.1) is 0 Å². The zero-order chi connectivity index (χ0) is 12.1. The van der Waals surface area contributed by atoms with E-state index < -0.39 is 5.97 Å². The van der Waals surface area contributed by atoms with Gasteiger partial charge in [0.15, 0.2) is 0 Å². The van der Waals surface area contributed by atoms with Crippen LogP contribution in [0.1, 0.15) is 30.9 Å². The van der Waals surface area contributed by atoms with Crippen LogP contribution in [0.3, 0.4) is 0 Å². The fourth-order valence-corrected chi connectivity index (χ4v) is 1.29. The maximum absolute atomic E-state index is 10.6. The average Bonchev–Trinajstić information content (AvgIpc) is 2.26. The smallest absolute Gasteiger partial charge is 0.346 e. The molecule has 1 rings (SSSR count). The van der Waals surface area contributed by atoms with Gasteiger partial charge in [-0.2, -0.15) is 5.26 Å². The topological polar surface area (TPSA) is 61.1 Å². The van der Waals surface area contributed by atoms with Gasteiger partial charge in [0.05, 0.1) is 0 Å². The third-order valence-corrected chi connectivity index (χ3v) is 2.26. The lowest BCUT2D eigenvalue weighted by Gasteiger charge is -2.04. The molecule has 0 amide bonds. The van der Waals surface area contributed by atoms with Crippen molar-refractivity contribution in [2.24, 2.45) is 0 Å². The number of nitrogens with zero attached hydrogens (tertiary/aromatic N) is 1. The van der Waals surface area contributed by atoms with Crippen LogP contribution in [0.15, 0.2) is 29.8 Å². The van der Waals surface area contributed by atoms with E-state index in [2.05, 4.69) is 13.8 Å². The molecule has 0 saturated carbocycles. The Labute approximate surface area is 94.6 Å². The SMILES string of the molecule is CC(C)c1ccc(C=C(C#N)C(=O)O)cc1. The number of aliphatic carboxylic acids is 1. The highest BCUT2D eigenvalue weighted by Crippen LogP contribution is 2.16. The van der Waals surface area contributed by atoms with Gasteiger partial charge in [0.2, 0.25) is 0 Å². The van der Waals surface area contributed by atoms with Crippen molar-refractivity contribution in [3.8, 4) is 6.07 Å². The third kappa shape index (κ3) is 2.96.